The lowest BCUT2D eigenvalue weighted by atomic mass is 10.1. The molecule has 138 valence electrons. The van der Waals surface area contributed by atoms with Gasteiger partial charge in [-0.3, -0.25) is 14.5 Å². The molecule has 2 amide bonds. The molecule has 1 N–H and O–H groups in total. The Bertz CT molecular complexity index is 614. The quantitative estimate of drug-likeness (QED) is 0.781. The number of nitrogens with one attached hydrogen (secondary N) is 1. The Morgan fingerprint density at radius 1 is 1.28 bits per heavy atom. The van der Waals surface area contributed by atoms with E-state index in [2.05, 4.69) is 24.1 Å². The zero-order chi connectivity index (χ0) is 18.4. The van der Waals surface area contributed by atoms with Gasteiger partial charge in [0.05, 0.1) is 5.69 Å². The van der Waals surface area contributed by atoms with Gasteiger partial charge in [-0.25, -0.2) is 0 Å². The van der Waals surface area contributed by atoms with Crippen LogP contribution in [-0.2, 0) is 9.59 Å². The Kier molecular flexibility index (Phi) is 6.82. The molecule has 6 heteroatoms. The number of carbonyl (C=O) groups is 2. The van der Waals surface area contributed by atoms with E-state index in [4.69, 9.17) is 4.74 Å². The van der Waals surface area contributed by atoms with Gasteiger partial charge in [0.1, 0.15) is 12.3 Å². The van der Waals surface area contributed by atoms with Crippen LogP contribution in [0.5, 0.6) is 5.75 Å². The molecule has 25 heavy (non-hydrogen) atoms. The predicted octanol–water partition coefficient (Wildman–Crippen LogP) is 1.96. The number of carbonyl (C=O) groups excluding carboxylic acids is 2. The summed E-state index contributed by atoms with van der Waals surface area (Å²) < 4.78 is 5.77. The largest absolute Gasteiger partial charge is 0.478 e. The van der Waals surface area contributed by atoms with Gasteiger partial charge in [-0.2, -0.15) is 0 Å². The van der Waals surface area contributed by atoms with Gasteiger partial charge < -0.3 is 15.0 Å². The molecular formula is C19H29N3O3. The molecule has 1 atom stereocenters. The zero-order valence-corrected chi connectivity index (χ0v) is 15.7. The highest BCUT2D eigenvalue weighted by molar-refractivity contribution is 6.03. The van der Waals surface area contributed by atoms with Gasteiger partial charge >= 0.3 is 0 Å². The maximum atomic E-state index is 12.7. The normalized spacial score (nSPS) is 16.6. The number of ether oxygens (including phenoxy) is 1. The molecule has 1 aliphatic heterocycles. The first-order chi connectivity index (χ1) is 12.0. The van der Waals surface area contributed by atoms with E-state index in [0.29, 0.717) is 24.4 Å². The van der Waals surface area contributed by atoms with E-state index >= 15 is 0 Å². The molecule has 0 saturated carbocycles. The Balaban J connectivity index is 2.05. The number of amides is 2. The Morgan fingerprint density at radius 3 is 2.64 bits per heavy atom. The highest BCUT2D eigenvalue weighted by atomic mass is 16.5. The summed E-state index contributed by atoms with van der Waals surface area (Å²) >= 11 is 0. The summed E-state index contributed by atoms with van der Waals surface area (Å²) in [4.78, 5) is 28.8. The molecule has 0 radical (unpaired) electrons. The maximum absolute atomic E-state index is 12.7. The average Bonchev–Trinajstić information content (AvgIpc) is 2.61. The summed E-state index contributed by atoms with van der Waals surface area (Å²) in [6.07, 6.45) is 0.0466. The monoisotopic (exact) mass is 347 g/mol. The van der Waals surface area contributed by atoms with Gasteiger partial charge in [-0.05, 0) is 44.1 Å². The van der Waals surface area contributed by atoms with Crippen molar-refractivity contribution in [2.75, 3.05) is 37.6 Å². The van der Waals surface area contributed by atoms with Crippen LogP contribution in [0.15, 0.2) is 18.2 Å². The summed E-state index contributed by atoms with van der Waals surface area (Å²) in [5.41, 5.74) is 1.70. The van der Waals surface area contributed by atoms with Crippen LogP contribution in [0.25, 0.3) is 0 Å². The van der Waals surface area contributed by atoms with Crippen molar-refractivity contribution < 1.29 is 14.3 Å². The van der Waals surface area contributed by atoms with Crippen LogP contribution in [-0.4, -0.2) is 55.5 Å². The van der Waals surface area contributed by atoms with Crippen molar-refractivity contribution >= 4 is 17.5 Å². The molecule has 0 aliphatic carbocycles. The molecule has 0 bridgehead atoms. The summed E-state index contributed by atoms with van der Waals surface area (Å²) in [5.74, 6) is 0.359. The summed E-state index contributed by atoms with van der Waals surface area (Å²) in [5, 5.41) is 2.91. The van der Waals surface area contributed by atoms with E-state index < -0.39 is 6.10 Å². The minimum Gasteiger partial charge on any atom is -0.478 e. The van der Waals surface area contributed by atoms with Crippen molar-refractivity contribution in [3.8, 4) is 5.75 Å². The fraction of sp³-hybridized carbons (Fsp3) is 0.579. The lowest BCUT2D eigenvalue weighted by molar-refractivity contribution is -0.129. The van der Waals surface area contributed by atoms with Crippen LogP contribution in [0, 0.1) is 6.92 Å². The number of nitrogens with zero attached hydrogens (tertiary/aromatic N) is 2. The maximum Gasteiger partial charge on any atom is 0.268 e. The molecule has 6 nitrogen and oxygen atoms in total. The topological polar surface area (TPSA) is 61.9 Å². The molecule has 0 aromatic heterocycles. The van der Waals surface area contributed by atoms with E-state index in [-0.39, 0.29) is 18.4 Å². The predicted molar refractivity (Wildman–Crippen MR) is 99.0 cm³/mol. The van der Waals surface area contributed by atoms with E-state index in [9.17, 15) is 9.59 Å². The van der Waals surface area contributed by atoms with Crippen LogP contribution in [0.4, 0.5) is 5.69 Å². The summed E-state index contributed by atoms with van der Waals surface area (Å²) in [6.45, 7) is 11.4. The lowest BCUT2D eigenvalue weighted by Gasteiger charge is -2.34. The van der Waals surface area contributed by atoms with Crippen LogP contribution in [0.2, 0.25) is 0 Å². The number of rotatable bonds is 8. The van der Waals surface area contributed by atoms with E-state index in [0.717, 1.165) is 25.2 Å². The zero-order valence-electron chi connectivity index (χ0n) is 15.7. The average molecular weight is 347 g/mol. The van der Waals surface area contributed by atoms with Crippen molar-refractivity contribution in [3.05, 3.63) is 23.8 Å². The number of aryl methyl sites for hydroxylation is 1. The molecule has 0 unspecified atom stereocenters. The molecule has 1 aliphatic rings. The summed E-state index contributed by atoms with van der Waals surface area (Å²) in [7, 11) is 0. The number of benzene rings is 1. The SMILES string of the molecule is CC[C@@H]1Oc2ccc(C)cc2N(CC(=O)NCCN(CC)CC)C1=O. The third-order valence-corrected chi connectivity index (χ3v) is 4.53. The van der Waals surface area contributed by atoms with Gasteiger partial charge in [0.25, 0.3) is 5.91 Å². The van der Waals surface area contributed by atoms with Crippen molar-refractivity contribution in [1.82, 2.24) is 10.2 Å². The fourth-order valence-electron chi connectivity index (χ4n) is 2.95. The standard InChI is InChI=1S/C19H29N3O3/c1-5-16-19(24)22(15-12-14(4)8-9-17(15)25-16)13-18(23)20-10-11-21(6-2)7-3/h8-9,12,16H,5-7,10-11,13H2,1-4H3,(H,20,23)/t16-/m0/s1. The summed E-state index contributed by atoms with van der Waals surface area (Å²) in [6, 6.07) is 5.71. The third kappa shape index (κ3) is 4.72. The van der Waals surface area contributed by atoms with E-state index in [1.807, 2.05) is 32.0 Å². The van der Waals surface area contributed by atoms with Crippen LogP contribution in [0.3, 0.4) is 0 Å². The second-order valence-corrected chi connectivity index (χ2v) is 6.29. The van der Waals surface area contributed by atoms with Crippen molar-refractivity contribution in [2.45, 2.75) is 40.2 Å². The Morgan fingerprint density at radius 2 is 2.00 bits per heavy atom. The first kappa shape index (κ1) is 19.2. The molecule has 1 heterocycles. The van der Waals surface area contributed by atoms with Gasteiger partial charge in [0.15, 0.2) is 6.10 Å². The van der Waals surface area contributed by atoms with Crippen molar-refractivity contribution in [3.63, 3.8) is 0 Å². The molecule has 1 aromatic carbocycles. The second-order valence-electron chi connectivity index (χ2n) is 6.29. The highest BCUT2D eigenvalue weighted by Crippen LogP contribution is 2.35. The molecule has 0 saturated heterocycles. The molecule has 2 rings (SSSR count). The lowest BCUT2D eigenvalue weighted by Crippen LogP contribution is -2.50. The first-order valence-electron chi connectivity index (χ1n) is 9.07. The fourth-order valence-corrected chi connectivity index (χ4v) is 2.95. The minimum absolute atomic E-state index is 0.0212. The first-order valence-corrected chi connectivity index (χ1v) is 9.07. The van der Waals surface area contributed by atoms with Gasteiger partial charge in [-0.1, -0.05) is 26.8 Å². The number of hydrogen-bond acceptors (Lipinski definition) is 4. The minimum atomic E-state index is -0.529. The van der Waals surface area contributed by atoms with Crippen molar-refractivity contribution in [1.29, 1.82) is 0 Å². The Hall–Kier alpha value is -2.08. The number of likely N-dealkylation sites (N-methyl/N-ethyl adjacent to an activating group) is 1. The Labute approximate surface area is 150 Å². The van der Waals surface area contributed by atoms with Crippen LogP contribution >= 0.6 is 0 Å². The molecule has 0 spiro atoms. The van der Waals surface area contributed by atoms with Crippen molar-refractivity contribution in [2.24, 2.45) is 0 Å². The van der Waals surface area contributed by atoms with Crippen LogP contribution in [0.1, 0.15) is 32.8 Å². The van der Waals surface area contributed by atoms with E-state index in [1.54, 1.807) is 4.90 Å². The number of anilines is 1. The smallest absolute Gasteiger partial charge is 0.268 e. The van der Waals surface area contributed by atoms with Gasteiger partial charge in [0.2, 0.25) is 5.91 Å². The second kappa shape index (κ2) is 8.85. The third-order valence-electron chi connectivity index (χ3n) is 4.53. The molecular weight excluding hydrogens is 318 g/mol. The van der Waals surface area contributed by atoms with Gasteiger partial charge in [0, 0.05) is 13.1 Å². The van der Waals surface area contributed by atoms with Crippen LogP contribution < -0.4 is 15.0 Å². The number of hydrogen-bond donors (Lipinski definition) is 1. The molecule has 1 aromatic rings. The molecule has 0 fully saturated rings. The van der Waals surface area contributed by atoms with Gasteiger partial charge in [-0.15, -0.1) is 0 Å². The highest BCUT2D eigenvalue weighted by Gasteiger charge is 2.34. The number of fused-ring (bicyclic) bond motifs is 1. The van der Waals surface area contributed by atoms with E-state index in [1.165, 1.54) is 0 Å².